The Morgan fingerprint density at radius 1 is 0.971 bits per heavy atom. The fraction of sp³-hybridized carbons (Fsp3) is 0.321. The van der Waals surface area contributed by atoms with E-state index in [2.05, 4.69) is 10.3 Å². The third kappa shape index (κ3) is 5.14. The van der Waals surface area contributed by atoms with Crippen molar-refractivity contribution in [1.82, 2.24) is 9.88 Å². The van der Waals surface area contributed by atoms with Gasteiger partial charge in [-0.1, -0.05) is 24.6 Å². The standard InChI is InChI=1S/C28H31N5O2/c29-25(20-8-5-17-33(18-20)28(34)19-6-4-7-19)24-15-16-31-27(30)26(24)32-21-11-13-23(14-12-21)35-22-9-2-1-3-10-22/h1-3,9-16,19-20,29,32H,4-8,17-18H2,(H2,30,31)/t20-/m1/s1. The Kier molecular flexibility index (Phi) is 6.66. The first-order valence-corrected chi connectivity index (χ1v) is 12.3. The lowest BCUT2D eigenvalue weighted by molar-refractivity contribution is -0.139. The number of ether oxygens (including phenoxy) is 1. The van der Waals surface area contributed by atoms with Crippen molar-refractivity contribution in [2.75, 3.05) is 24.1 Å². The average molecular weight is 470 g/mol. The summed E-state index contributed by atoms with van der Waals surface area (Å²) >= 11 is 0. The van der Waals surface area contributed by atoms with Crippen LogP contribution in [-0.2, 0) is 4.79 Å². The van der Waals surface area contributed by atoms with E-state index >= 15 is 0 Å². The lowest BCUT2D eigenvalue weighted by Gasteiger charge is -2.37. The number of carbonyl (C=O) groups excluding carboxylic acids is 1. The molecule has 2 aromatic carbocycles. The lowest BCUT2D eigenvalue weighted by atomic mass is 9.82. The minimum absolute atomic E-state index is 0.0169. The van der Waals surface area contributed by atoms with E-state index < -0.39 is 0 Å². The molecular weight excluding hydrogens is 438 g/mol. The molecule has 1 aliphatic heterocycles. The van der Waals surface area contributed by atoms with E-state index in [-0.39, 0.29) is 17.7 Å². The molecule has 0 bridgehead atoms. The molecule has 35 heavy (non-hydrogen) atoms. The number of aromatic nitrogens is 1. The van der Waals surface area contributed by atoms with Gasteiger partial charge in [-0.3, -0.25) is 4.79 Å². The summed E-state index contributed by atoms with van der Waals surface area (Å²) < 4.78 is 5.88. The molecule has 1 atom stereocenters. The van der Waals surface area contributed by atoms with Crippen LogP contribution in [0, 0.1) is 17.2 Å². The van der Waals surface area contributed by atoms with Gasteiger partial charge in [0.25, 0.3) is 0 Å². The number of carbonyl (C=O) groups is 1. The van der Waals surface area contributed by atoms with Crippen molar-refractivity contribution in [2.24, 2.45) is 11.8 Å². The lowest BCUT2D eigenvalue weighted by Crippen LogP contribution is -2.46. The molecule has 1 aromatic heterocycles. The van der Waals surface area contributed by atoms with Gasteiger partial charge in [0.05, 0.1) is 5.69 Å². The molecule has 7 heteroatoms. The van der Waals surface area contributed by atoms with Crippen LogP contribution in [0.25, 0.3) is 0 Å². The van der Waals surface area contributed by atoms with Crippen LogP contribution in [0.4, 0.5) is 17.2 Å². The number of para-hydroxylation sites is 1. The van der Waals surface area contributed by atoms with E-state index in [1.165, 1.54) is 0 Å². The number of hydrogen-bond donors (Lipinski definition) is 3. The highest BCUT2D eigenvalue weighted by Crippen LogP contribution is 2.33. The van der Waals surface area contributed by atoms with Crippen LogP contribution in [0.15, 0.2) is 66.9 Å². The zero-order valence-corrected chi connectivity index (χ0v) is 19.7. The first kappa shape index (κ1) is 22.9. The van der Waals surface area contributed by atoms with E-state index in [0.717, 1.165) is 61.4 Å². The molecule has 1 saturated carbocycles. The van der Waals surface area contributed by atoms with Crippen molar-refractivity contribution in [2.45, 2.75) is 32.1 Å². The fourth-order valence-corrected chi connectivity index (χ4v) is 4.76. The number of benzene rings is 2. The molecule has 0 unspecified atom stereocenters. The van der Waals surface area contributed by atoms with Gasteiger partial charge in [0.15, 0.2) is 0 Å². The number of piperidine rings is 1. The summed E-state index contributed by atoms with van der Waals surface area (Å²) in [6, 6.07) is 19.1. The summed E-state index contributed by atoms with van der Waals surface area (Å²) in [5, 5.41) is 12.4. The van der Waals surface area contributed by atoms with Crippen molar-refractivity contribution in [3.63, 3.8) is 0 Å². The Morgan fingerprint density at radius 3 is 2.40 bits per heavy atom. The van der Waals surface area contributed by atoms with Gasteiger partial charge in [-0.15, -0.1) is 0 Å². The predicted molar refractivity (Wildman–Crippen MR) is 138 cm³/mol. The fourth-order valence-electron chi connectivity index (χ4n) is 4.76. The Balaban J connectivity index is 1.30. The number of nitrogens with two attached hydrogens (primary N) is 1. The maximum absolute atomic E-state index is 12.8. The highest BCUT2D eigenvalue weighted by Gasteiger charge is 2.34. The molecule has 5 rings (SSSR count). The van der Waals surface area contributed by atoms with Crippen molar-refractivity contribution >= 4 is 28.8 Å². The number of rotatable bonds is 7. The molecule has 1 aliphatic carbocycles. The Labute approximate surface area is 205 Å². The average Bonchev–Trinajstić information content (AvgIpc) is 2.85. The van der Waals surface area contributed by atoms with E-state index in [9.17, 15) is 4.79 Å². The molecule has 7 nitrogen and oxygen atoms in total. The topological polar surface area (TPSA) is 104 Å². The summed E-state index contributed by atoms with van der Waals surface area (Å²) in [5.74, 6) is 2.28. The van der Waals surface area contributed by atoms with Gasteiger partial charge in [0, 0.05) is 48.1 Å². The second kappa shape index (κ2) is 10.2. The number of likely N-dealkylation sites (tertiary alicyclic amines) is 1. The monoisotopic (exact) mass is 469 g/mol. The van der Waals surface area contributed by atoms with Crippen LogP contribution in [0.2, 0.25) is 0 Å². The van der Waals surface area contributed by atoms with Crippen LogP contribution in [-0.4, -0.2) is 34.6 Å². The van der Waals surface area contributed by atoms with Gasteiger partial charge in [-0.05, 0) is 68.1 Å². The number of nitrogens with zero attached hydrogens (tertiary/aromatic N) is 2. The quantitative estimate of drug-likeness (QED) is 0.390. The number of nitrogen functional groups attached to an aromatic ring is 1. The Morgan fingerprint density at radius 2 is 1.69 bits per heavy atom. The molecular formula is C28H31N5O2. The SMILES string of the molecule is N=C(c1ccnc(N)c1Nc1ccc(Oc2ccccc2)cc1)[C@@H]1CCCN(C(=O)C2CCC2)C1. The van der Waals surface area contributed by atoms with E-state index in [4.69, 9.17) is 15.9 Å². The maximum atomic E-state index is 12.8. The first-order valence-electron chi connectivity index (χ1n) is 12.3. The number of hydrogen-bond acceptors (Lipinski definition) is 6. The molecule has 1 amide bonds. The van der Waals surface area contributed by atoms with Crippen LogP contribution >= 0.6 is 0 Å². The number of anilines is 3. The third-order valence-electron chi connectivity index (χ3n) is 6.97. The molecule has 2 fully saturated rings. The van der Waals surface area contributed by atoms with Crippen LogP contribution in [0.1, 0.15) is 37.7 Å². The second-order valence-corrected chi connectivity index (χ2v) is 9.35. The summed E-state index contributed by atoms with van der Waals surface area (Å²) in [5.41, 5.74) is 8.92. The van der Waals surface area contributed by atoms with Gasteiger partial charge in [-0.25, -0.2) is 4.98 Å². The second-order valence-electron chi connectivity index (χ2n) is 9.35. The molecule has 1 saturated heterocycles. The number of pyridine rings is 1. The zero-order valence-electron chi connectivity index (χ0n) is 19.7. The number of nitrogens with one attached hydrogen (secondary N) is 2. The van der Waals surface area contributed by atoms with Gasteiger partial charge in [0.2, 0.25) is 5.91 Å². The molecule has 2 aliphatic rings. The summed E-state index contributed by atoms with van der Waals surface area (Å²) in [6.45, 7) is 1.39. The molecule has 0 spiro atoms. The van der Waals surface area contributed by atoms with E-state index in [1.807, 2.05) is 65.6 Å². The van der Waals surface area contributed by atoms with Crippen molar-refractivity contribution in [3.05, 3.63) is 72.4 Å². The summed E-state index contributed by atoms with van der Waals surface area (Å²) in [4.78, 5) is 19.0. The smallest absolute Gasteiger partial charge is 0.225 e. The van der Waals surface area contributed by atoms with E-state index in [0.29, 0.717) is 23.8 Å². The van der Waals surface area contributed by atoms with Crippen LogP contribution in [0.3, 0.4) is 0 Å². The predicted octanol–water partition coefficient (Wildman–Crippen LogP) is 5.61. The Hall–Kier alpha value is -3.87. The molecule has 2 heterocycles. The zero-order chi connectivity index (χ0) is 24.2. The normalized spacial score (nSPS) is 17.9. The maximum Gasteiger partial charge on any atom is 0.225 e. The molecule has 4 N–H and O–H groups in total. The largest absolute Gasteiger partial charge is 0.457 e. The molecule has 0 radical (unpaired) electrons. The minimum atomic E-state index is -0.0169. The molecule has 180 valence electrons. The first-order chi connectivity index (χ1) is 17.1. The van der Waals surface area contributed by atoms with Crippen LogP contribution in [0.5, 0.6) is 11.5 Å². The highest BCUT2D eigenvalue weighted by molar-refractivity contribution is 6.07. The van der Waals surface area contributed by atoms with Crippen LogP contribution < -0.4 is 15.8 Å². The highest BCUT2D eigenvalue weighted by atomic mass is 16.5. The van der Waals surface area contributed by atoms with Gasteiger partial charge in [-0.2, -0.15) is 0 Å². The van der Waals surface area contributed by atoms with Crippen molar-refractivity contribution < 1.29 is 9.53 Å². The third-order valence-corrected chi connectivity index (χ3v) is 6.97. The summed E-state index contributed by atoms with van der Waals surface area (Å²) in [7, 11) is 0. The summed E-state index contributed by atoms with van der Waals surface area (Å²) in [6.07, 6.45) is 6.59. The number of amides is 1. The molecule has 3 aromatic rings. The van der Waals surface area contributed by atoms with Gasteiger partial charge >= 0.3 is 0 Å². The van der Waals surface area contributed by atoms with Gasteiger partial charge < -0.3 is 26.1 Å². The van der Waals surface area contributed by atoms with Crippen molar-refractivity contribution in [1.29, 1.82) is 5.41 Å². The van der Waals surface area contributed by atoms with E-state index in [1.54, 1.807) is 6.20 Å². The van der Waals surface area contributed by atoms with Gasteiger partial charge in [0.1, 0.15) is 17.3 Å². The minimum Gasteiger partial charge on any atom is -0.457 e. The van der Waals surface area contributed by atoms with Crippen molar-refractivity contribution in [3.8, 4) is 11.5 Å². The Bertz CT molecular complexity index is 1190.